The van der Waals surface area contributed by atoms with Crippen molar-refractivity contribution in [2.75, 3.05) is 7.11 Å². The summed E-state index contributed by atoms with van der Waals surface area (Å²) in [4.78, 5) is 12.2. The summed E-state index contributed by atoms with van der Waals surface area (Å²) in [6.07, 6.45) is 20.9. The van der Waals surface area contributed by atoms with Gasteiger partial charge in [-0.1, -0.05) is 109 Å². The van der Waals surface area contributed by atoms with Gasteiger partial charge in [0.1, 0.15) is 5.75 Å². The van der Waals surface area contributed by atoms with Crippen molar-refractivity contribution in [1.29, 1.82) is 0 Å². The molecule has 0 heterocycles. The minimum absolute atomic E-state index is 0.239. The lowest BCUT2D eigenvalue weighted by Crippen LogP contribution is -1.99. The summed E-state index contributed by atoms with van der Waals surface area (Å²) in [5.74, 6) is 1.00. The van der Waals surface area contributed by atoms with E-state index in [1.54, 1.807) is 7.11 Å². The van der Waals surface area contributed by atoms with E-state index < -0.39 is 0 Å². The summed E-state index contributed by atoms with van der Waals surface area (Å²) in [6.45, 7) is 2.28. The molecule has 27 heavy (non-hydrogen) atoms. The average Bonchev–Trinajstić information content (AvgIpc) is 2.70. The molecule has 1 aromatic carbocycles. The van der Waals surface area contributed by atoms with Gasteiger partial charge in [-0.05, 0) is 18.6 Å². The quantitative estimate of drug-likeness (QED) is 0.191. The minimum Gasteiger partial charge on any atom is -0.497 e. The number of carbonyl (C=O) groups excluding carboxylic acids is 1. The van der Waals surface area contributed by atoms with Crippen molar-refractivity contribution in [1.82, 2.24) is 0 Å². The normalized spacial score (nSPS) is 10.9. The Morgan fingerprint density at radius 2 is 1.22 bits per heavy atom. The molecule has 0 aliphatic rings. The Hall–Kier alpha value is -1.31. The van der Waals surface area contributed by atoms with Crippen molar-refractivity contribution < 1.29 is 9.53 Å². The number of methoxy groups -OCH3 is 1. The van der Waals surface area contributed by atoms with Gasteiger partial charge in [0.2, 0.25) is 0 Å². The number of hydrogen-bond acceptors (Lipinski definition) is 2. The van der Waals surface area contributed by atoms with E-state index >= 15 is 0 Å². The van der Waals surface area contributed by atoms with Crippen LogP contribution in [0.1, 0.15) is 120 Å². The van der Waals surface area contributed by atoms with Crippen molar-refractivity contribution in [2.45, 2.75) is 110 Å². The Bertz CT molecular complexity index is 481. The van der Waals surface area contributed by atoms with Gasteiger partial charge >= 0.3 is 0 Å². The maximum absolute atomic E-state index is 12.2. The van der Waals surface area contributed by atoms with Crippen LogP contribution in [0.5, 0.6) is 5.75 Å². The summed E-state index contributed by atoms with van der Waals surface area (Å²) in [5, 5.41) is 0. The molecule has 1 rings (SSSR count). The van der Waals surface area contributed by atoms with Crippen molar-refractivity contribution in [3.63, 3.8) is 0 Å². The van der Waals surface area contributed by atoms with Gasteiger partial charge in [0.25, 0.3) is 0 Å². The third-order valence-corrected chi connectivity index (χ3v) is 5.40. The Labute approximate surface area is 168 Å². The van der Waals surface area contributed by atoms with Gasteiger partial charge in [0.05, 0.1) is 7.11 Å². The van der Waals surface area contributed by atoms with Crippen molar-refractivity contribution >= 4 is 5.78 Å². The number of Topliss-reactive ketones (excluding diaryl/α,β-unsaturated/α-hetero) is 1. The zero-order valence-corrected chi connectivity index (χ0v) is 17.9. The van der Waals surface area contributed by atoms with E-state index in [0.717, 1.165) is 17.7 Å². The number of rotatable bonds is 18. The highest BCUT2D eigenvalue weighted by Crippen LogP contribution is 2.17. The molecule has 2 heteroatoms. The minimum atomic E-state index is 0.239. The van der Waals surface area contributed by atoms with Crippen molar-refractivity contribution in [2.24, 2.45) is 0 Å². The van der Waals surface area contributed by atoms with Crippen LogP contribution >= 0.6 is 0 Å². The predicted octanol–water partition coefficient (Wildman–Crippen LogP) is 8.14. The van der Waals surface area contributed by atoms with Crippen LogP contribution < -0.4 is 4.74 Å². The van der Waals surface area contributed by atoms with Crippen molar-refractivity contribution in [3.8, 4) is 5.75 Å². The summed E-state index contributed by atoms with van der Waals surface area (Å²) in [7, 11) is 1.64. The fourth-order valence-electron chi connectivity index (χ4n) is 3.60. The van der Waals surface area contributed by atoms with E-state index in [1.165, 1.54) is 89.9 Å². The molecule has 0 amide bonds. The highest BCUT2D eigenvalue weighted by Gasteiger charge is 2.06. The number of ether oxygens (including phenoxy) is 1. The van der Waals surface area contributed by atoms with E-state index in [2.05, 4.69) is 6.92 Å². The van der Waals surface area contributed by atoms with E-state index in [0.29, 0.717) is 6.42 Å². The third kappa shape index (κ3) is 12.7. The van der Waals surface area contributed by atoms with Crippen LogP contribution in [0.2, 0.25) is 0 Å². The lowest BCUT2D eigenvalue weighted by atomic mass is 10.0. The molecule has 0 saturated heterocycles. The fourth-order valence-corrected chi connectivity index (χ4v) is 3.60. The van der Waals surface area contributed by atoms with Crippen LogP contribution in [-0.2, 0) is 0 Å². The molecule has 0 radical (unpaired) electrons. The van der Waals surface area contributed by atoms with Gasteiger partial charge in [-0.25, -0.2) is 0 Å². The van der Waals surface area contributed by atoms with E-state index in [9.17, 15) is 4.79 Å². The first-order valence-electron chi connectivity index (χ1n) is 11.4. The Kier molecular flexibility index (Phi) is 14.8. The Balaban J connectivity index is 1.87. The molecule has 0 aliphatic carbocycles. The maximum Gasteiger partial charge on any atom is 0.163 e. The zero-order chi connectivity index (χ0) is 19.6. The molecule has 0 aliphatic heterocycles. The van der Waals surface area contributed by atoms with Crippen LogP contribution in [0.3, 0.4) is 0 Å². The number of carbonyl (C=O) groups is 1. The fraction of sp³-hybridized carbons (Fsp3) is 0.720. The predicted molar refractivity (Wildman–Crippen MR) is 117 cm³/mol. The number of benzene rings is 1. The average molecular weight is 375 g/mol. The van der Waals surface area contributed by atoms with Gasteiger partial charge in [-0.3, -0.25) is 4.79 Å². The molecular formula is C25H42O2. The third-order valence-electron chi connectivity index (χ3n) is 5.40. The zero-order valence-electron chi connectivity index (χ0n) is 17.9. The van der Waals surface area contributed by atoms with E-state index in [-0.39, 0.29) is 5.78 Å². The molecule has 0 spiro atoms. The number of hydrogen-bond donors (Lipinski definition) is 0. The first-order valence-corrected chi connectivity index (χ1v) is 11.4. The first kappa shape index (κ1) is 23.7. The van der Waals surface area contributed by atoms with Crippen LogP contribution in [0.15, 0.2) is 24.3 Å². The van der Waals surface area contributed by atoms with Gasteiger partial charge in [0, 0.05) is 12.0 Å². The number of unbranched alkanes of at least 4 members (excludes halogenated alkanes) is 14. The van der Waals surface area contributed by atoms with Crippen LogP contribution in [0, 0.1) is 0 Å². The molecule has 2 nitrogen and oxygen atoms in total. The summed E-state index contributed by atoms with van der Waals surface area (Å²) in [6, 6.07) is 7.49. The smallest absolute Gasteiger partial charge is 0.163 e. The summed E-state index contributed by atoms with van der Waals surface area (Å²) < 4.78 is 5.18. The van der Waals surface area contributed by atoms with E-state index in [1.807, 2.05) is 24.3 Å². The molecule has 0 unspecified atom stereocenters. The number of ketones is 1. The van der Waals surface area contributed by atoms with Gasteiger partial charge in [-0.15, -0.1) is 0 Å². The second kappa shape index (κ2) is 16.8. The first-order chi connectivity index (χ1) is 13.3. The second-order valence-electron chi connectivity index (χ2n) is 7.85. The molecule has 0 N–H and O–H groups in total. The lowest BCUT2D eigenvalue weighted by molar-refractivity contribution is 0.0978. The van der Waals surface area contributed by atoms with Crippen LogP contribution in [0.4, 0.5) is 0 Å². The SMILES string of the molecule is CCCCCCCCCCCCCCCCCC(=O)c1cccc(OC)c1. The van der Waals surface area contributed by atoms with Crippen LogP contribution in [0.25, 0.3) is 0 Å². The monoisotopic (exact) mass is 374 g/mol. The summed E-state index contributed by atoms with van der Waals surface area (Å²) >= 11 is 0. The molecule has 154 valence electrons. The van der Waals surface area contributed by atoms with Crippen molar-refractivity contribution in [3.05, 3.63) is 29.8 Å². The van der Waals surface area contributed by atoms with Gasteiger partial charge in [0.15, 0.2) is 5.78 Å². The topological polar surface area (TPSA) is 26.3 Å². The Morgan fingerprint density at radius 3 is 1.70 bits per heavy atom. The van der Waals surface area contributed by atoms with Gasteiger partial charge < -0.3 is 4.74 Å². The molecule has 1 aromatic rings. The standard InChI is InChI=1S/C25H42O2/c1-3-4-5-6-7-8-9-10-11-12-13-14-15-16-17-21-25(26)23-19-18-20-24(22-23)27-2/h18-20,22H,3-17,21H2,1-2H3. The highest BCUT2D eigenvalue weighted by atomic mass is 16.5. The maximum atomic E-state index is 12.2. The largest absolute Gasteiger partial charge is 0.497 e. The molecule has 0 atom stereocenters. The van der Waals surface area contributed by atoms with Gasteiger partial charge in [-0.2, -0.15) is 0 Å². The van der Waals surface area contributed by atoms with E-state index in [4.69, 9.17) is 4.74 Å². The molecule has 0 fully saturated rings. The molecule has 0 bridgehead atoms. The highest BCUT2D eigenvalue weighted by molar-refractivity contribution is 5.96. The molecule has 0 aromatic heterocycles. The molecular weight excluding hydrogens is 332 g/mol. The molecule has 0 saturated carbocycles. The Morgan fingerprint density at radius 1 is 0.741 bits per heavy atom. The lowest BCUT2D eigenvalue weighted by Gasteiger charge is -2.05. The summed E-state index contributed by atoms with van der Waals surface area (Å²) in [5.41, 5.74) is 0.778. The second-order valence-corrected chi connectivity index (χ2v) is 7.85. The van der Waals surface area contributed by atoms with Crippen LogP contribution in [-0.4, -0.2) is 12.9 Å².